The van der Waals surface area contributed by atoms with E-state index in [0.717, 1.165) is 13.1 Å². The van der Waals surface area contributed by atoms with Crippen LogP contribution < -0.4 is 5.32 Å². The maximum absolute atomic E-state index is 3.53. The van der Waals surface area contributed by atoms with Crippen LogP contribution in [0.25, 0.3) is 0 Å². The molecule has 0 spiro atoms. The van der Waals surface area contributed by atoms with E-state index in [0.29, 0.717) is 6.04 Å². The van der Waals surface area contributed by atoms with Crippen molar-refractivity contribution in [3.05, 3.63) is 35.4 Å². The second-order valence-corrected chi connectivity index (χ2v) is 6.77. The smallest absolute Gasteiger partial charge is 0.0237 e. The highest BCUT2D eigenvalue weighted by Crippen LogP contribution is 2.16. The molecule has 2 nitrogen and oxygen atoms in total. The van der Waals surface area contributed by atoms with Gasteiger partial charge >= 0.3 is 0 Å². The fraction of sp³-hybridized carbons (Fsp3) is 0.625. The molecule has 3 heteroatoms. The summed E-state index contributed by atoms with van der Waals surface area (Å²) in [6, 6.07) is 9.41. The Balaban J connectivity index is 1.97. The molecule has 0 unspecified atom stereocenters. The Kier molecular flexibility index (Phi) is 6.21. The monoisotopic (exact) mass is 278 g/mol. The van der Waals surface area contributed by atoms with Gasteiger partial charge in [-0.25, -0.2) is 0 Å². The van der Waals surface area contributed by atoms with Crippen molar-refractivity contribution in [1.82, 2.24) is 10.2 Å². The van der Waals surface area contributed by atoms with Crippen LogP contribution in [0.3, 0.4) is 0 Å². The van der Waals surface area contributed by atoms with Gasteiger partial charge in [0.2, 0.25) is 0 Å². The largest absolute Gasteiger partial charge is 0.310 e. The molecule has 0 bridgehead atoms. The molecule has 0 radical (unpaired) electrons. The van der Waals surface area contributed by atoms with Crippen molar-refractivity contribution >= 4 is 11.8 Å². The standard InChI is InChI=1S/C16H26N2S/c1-14(2)17-12-15-6-3-4-7-16(15)13-18-8-5-10-19-11-9-18/h3-4,6-7,14,17H,5,8-13H2,1-2H3. The van der Waals surface area contributed by atoms with Crippen molar-refractivity contribution in [2.75, 3.05) is 24.6 Å². The summed E-state index contributed by atoms with van der Waals surface area (Å²) in [7, 11) is 0. The van der Waals surface area contributed by atoms with Crippen LogP contribution in [0.5, 0.6) is 0 Å². The van der Waals surface area contributed by atoms with Crippen LogP contribution in [-0.2, 0) is 13.1 Å². The molecule has 0 saturated carbocycles. The molecule has 0 atom stereocenters. The average Bonchev–Trinajstić information content (AvgIpc) is 2.66. The highest BCUT2D eigenvalue weighted by Gasteiger charge is 2.11. The molecule has 106 valence electrons. The number of hydrogen-bond acceptors (Lipinski definition) is 3. The summed E-state index contributed by atoms with van der Waals surface area (Å²) < 4.78 is 0. The van der Waals surface area contributed by atoms with Crippen LogP contribution in [-0.4, -0.2) is 35.5 Å². The lowest BCUT2D eigenvalue weighted by Crippen LogP contribution is -2.27. The fourth-order valence-corrected chi connectivity index (χ4v) is 3.32. The summed E-state index contributed by atoms with van der Waals surface area (Å²) in [4.78, 5) is 2.61. The Morgan fingerprint density at radius 1 is 1.16 bits per heavy atom. The number of hydrogen-bond donors (Lipinski definition) is 1. The summed E-state index contributed by atoms with van der Waals surface area (Å²) in [5.41, 5.74) is 2.94. The number of nitrogens with zero attached hydrogens (tertiary/aromatic N) is 1. The van der Waals surface area contributed by atoms with Gasteiger partial charge in [-0.1, -0.05) is 38.1 Å². The van der Waals surface area contributed by atoms with E-state index in [1.165, 1.54) is 42.1 Å². The van der Waals surface area contributed by atoms with E-state index in [2.05, 4.69) is 60.1 Å². The van der Waals surface area contributed by atoms with Crippen LogP contribution in [0.15, 0.2) is 24.3 Å². The molecule has 1 aromatic rings. The molecule has 0 aromatic heterocycles. The molecule has 1 saturated heterocycles. The van der Waals surface area contributed by atoms with E-state index in [9.17, 15) is 0 Å². The zero-order valence-corrected chi connectivity index (χ0v) is 13.0. The lowest BCUT2D eigenvalue weighted by Gasteiger charge is -2.21. The predicted molar refractivity (Wildman–Crippen MR) is 85.6 cm³/mol. The van der Waals surface area contributed by atoms with E-state index < -0.39 is 0 Å². The third-order valence-electron chi connectivity index (χ3n) is 3.53. The SMILES string of the molecule is CC(C)NCc1ccccc1CN1CCCSCC1. The number of nitrogens with one attached hydrogen (secondary N) is 1. The van der Waals surface area contributed by atoms with Gasteiger partial charge in [-0.05, 0) is 29.8 Å². The zero-order chi connectivity index (χ0) is 13.5. The first-order valence-electron chi connectivity index (χ1n) is 7.36. The Labute approximate surface area is 122 Å². The Hall–Kier alpha value is -0.510. The topological polar surface area (TPSA) is 15.3 Å². The van der Waals surface area contributed by atoms with Crippen molar-refractivity contribution in [3.63, 3.8) is 0 Å². The third kappa shape index (κ3) is 5.17. The fourth-order valence-electron chi connectivity index (χ4n) is 2.40. The van der Waals surface area contributed by atoms with Crippen molar-refractivity contribution in [3.8, 4) is 0 Å². The van der Waals surface area contributed by atoms with Crippen LogP contribution in [0, 0.1) is 0 Å². The van der Waals surface area contributed by atoms with Crippen LogP contribution in [0.4, 0.5) is 0 Å². The van der Waals surface area contributed by atoms with E-state index in [-0.39, 0.29) is 0 Å². The first-order valence-corrected chi connectivity index (χ1v) is 8.51. The normalized spacial score (nSPS) is 17.6. The van der Waals surface area contributed by atoms with Crippen molar-refractivity contribution in [1.29, 1.82) is 0 Å². The maximum Gasteiger partial charge on any atom is 0.0237 e. The van der Waals surface area contributed by atoms with Gasteiger partial charge in [0, 0.05) is 31.4 Å². The third-order valence-corrected chi connectivity index (χ3v) is 4.58. The van der Waals surface area contributed by atoms with Crippen molar-refractivity contribution < 1.29 is 0 Å². The predicted octanol–water partition coefficient (Wildman–Crippen LogP) is 3.12. The van der Waals surface area contributed by atoms with Crippen LogP contribution in [0.1, 0.15) is 31.4 Å². The molecule has 19 heavy (non-hydrogen) atoms. The van der Waals surface area contributed by atoms with E-state index in [4.69, 9.17) is 0 Å². The lowest BCUT2D eigenvalue weighted by atomic mass is 10.1. The van der Waals surface area contributed by atoms with Gasteiger partial charge < -0.3 is 5.32 Å². The number of benzene rings is 1. The maximum atomic E-state index is 3.53. The van der Waals surface area contributed by atoms with Gasteiger partial charge in [0.1, 0.15) is 0 Å². The Bertz CT molecular complexity index is 371. The van der Waals surface area contributed by atoms with Crippen molar-refractivity contribution in [2.24, 2.45) is 0 Å². The lowest BCUT2D eigenvalue weighted by molar-refractivity contribution is 0.286. The minimum atomic E-state index is 0.544. The molecule has 1 aliphatic heterocycles. The molecule has 1 aliphatic rings. The minimum Gasteiger partial charge on any atom is -0.310 e. The molecule has 1 aromatic carbocycles. The second kappa shape index (κ2) is 7.93. The molecular formula is C16H26N2S. The average molecular weight is 278 g/mol. The molecule has 0 amide bonds. The summed E-state index contributed by atoms with van der Waals surface area (Å²) in [6.45, 7) is 8.98. The van der Waals surface area contributed by atoms with Gasteiger partial charge in [0.25, 0.3) is 0 Å². The second-order valence-electron chi connectivity index (χ2n) is 5.55. The summed E-state index contributed by atoms with van der Waals surface area (Å²) in [6.07, 6.45) is 1.33. The highest BCUT2D eigenvalue weighted by atomic mass is 32.2. The zero-order valence-electron chi connectivity index (χ0n) is 12.2. The highest BCUT2D eigenvalue weighted by molar-refractivity contribution is 7.99. The molecule has 1 N–H and O–H groups in total. The van der Waals surface area contributed by atoms with E-state index >= 15 is 0 Å². The summed E-state index contributed by atoms with van der Waals surface area (Å²) in [5, 5.41) is 3.53. The molecule has 1 fully saturated rings. The Morgan fingerprint density at radius 2 is 1.95 bits per heavy atom. The van der Waals surface area contributed by atoms with E-state index in [1.54, 1.807) is 0 Å². The van der Waals surface area contributed by atoms with E-state index in [1.807, 2.05) is 0 Å². The minimum absolute atomic E-state index is 0.544. The van der Waals surface area contributed by atoms with Gasteiger partial charge in [-0.15, -0.1) is 0 Å². The Morgan fingerprint density at radius 3 is 2.74 bits per heavy atom. The van der Waals surface area contributed by atoms with Gasteiger partial charge in [-0.2, -0.15) is 11.8 Å². The quantitative estimate of drug-likeness (QED) is 0.891. The number of rotatable bonds is 5. The summed E-state index contributed by atoms with van der Waals surface area (Å²) >= 11 is 2.09. The summed E-state index contributed by atoms with van der Waals surface area (Å²) in [5.74, 6) is 2.61. The molecule has 2 rings (SSSR count). The van der Waals surface area contributed by atoms with Crippen LogP contribution in [0.2, 0.25) is 0 Å². The molecule has 1 heterocycles. The first-order chi connectivity index (χ1) is 9.25. The molecular weight excluding hydrogens is 252 g/mol. The van der Waals surface area contributed by atoms with Gasteiger partial charge in [-0.3, -0.25) is 4.90 Å². The van der Waals surface area contributed by atoms with Crippen LogP contribution >= 0.6 is 11.8 Å². The van der Waals surface area contributed by atoms with Gasteiger partial charge in [0.05, 0.1) is 0 Å². The number of thioether (sulfide) groups is 1. The molecule has 0 aliphatic carbocycles. The van der Waals surface area contributed by atoms with Gasteiger partial charge in [0.15, 0.2) is 0 Å². The first kappa shape index (κ1) is 14.9. The van der Waals surface area contributed by atoms with Crippen molar-refractivity contribution in [2.45, 2.75) is 39.4 Å².